The Morgan fingerprint density at radius 1 is 1.19 bits per heavy atom. The number of para-hydroxylation sites is 1. The first kappa shape index (κ1) is 15.2. The van der Waals surface area contributed by atoms with Gasteiger partial charge in [-0.25, -0.2) is 0 Å². The lowest BCUT2D eigenvalue weighted by Gasteiger charge is -2.15. The number of rotatable bonds is 5. The van der Waals surface area contributed by atoms with Gasteiger partial charge < -0.3 is 14.8 Å². The van der Waals surface area contributed by atoms with Gasteiger partial charge in [-0.3, -0.25) is 4.79 Å². The Labute approximate surface area is 128 Å². The predicted octanol–water partition coefficient (Wildman–Crippen LogP) is 3.75. The molecule has 0 saturated carbocycles. The lowest BCUT2D eigenvalue weighted by Crippen LogP contribution is -2.30. The second kappa shape index (κ2) is 6.99. The van der Waals surface area contributed by atoms with Crippen LogP contribution in [0.5, 0.6) is 11.5 Å². The SMILES string of the molecule is COc1cccc(NC(=O)C(C)Oc2ccccc2Cl)c1. The van der Waals surface area contributed by atoms with Crippen LogP contribution in [0.4, 0.5) is 5.69 Å². The lowest BCUT2D eigenvalue weighted by atomic mass is 10.2. The summed E-state index contributed by atoms with van der Waals surface area (Å²) in [6.45, 7) is 1.67. The Kier molecular flexibility index (Phi) is 5.06. The monoisotopic (exact) mass is 305 g/mol. The van der Waals surface area contributed by atoms with Crippen LogP contribution in [-0.4, -0.2) is 19.1 Å². The molecule has 21 heavy (non-hydrogen) atoms. The molecular weight excluding hydrogens is 290 g/mol. The Morgan fingerprint density at radius 3 is 2.67 bits per heavy atom. The fourth-order valence-electron chi connectivity index (χ4n) is 1.73. The standard InChI is InChI=1S/C16H16ClNO3/c1-11(21-15-9-4-3-8-14(15)17)16(19)18-12-6-5-7-13(10-12)20-2/h3-11H,1-2H3,(H,18,19). The Morgan fingerprint density at radius 2 is 1.95 bits per heavy atom. The smallest absolute Gasteiger partial charge is 0.265 e. The highest BCUT2D eigenvalue weighted by Crippen LogP contribution is 2.24. The minimum absolute atomic E-state index is 0.261. The van der Waals surface area contributed by atoms with Gasteiger partial charge in [0.1, 0.15) is 11.5 Å². The number of hydrogen-bond donors (Lipinski definition) is 1. The first-order valence-electron chi connectivity index (χ1n) is 6.46. The third-order valence-electron chi connectivity index (χ3n) is 2.85. The van der Waals surface area contributed by atoms with Crippen molar-refractivity contribution in [1.82, 2.24) is 0 Å². The molecule has 110 valence electrons. The van der Waals surface area contributed by atoms with E-state index in [2.05, 4.69) is 5.32 Å². The maximum atomic E-state index is 12.1. The van der Waals surface area contributed by atoms with Crippen LogP contribution in [0.3, 0.4) is 0 Å². The number of halogens is 1. The molecule has 1 N–H and O–H groups in total. The van der Waals surface area contributed by atoms with Crippen molar-refractivity contribution in [3.05, 3.63) is 53.6 Å². The molecule has 4 nitrogen and oxygen atoms in total. The van der Waals surface area contributed by atoms with Gasteiger partial charge in [0.25, 0.3) is 5.91 Å². The summed E-state index contributed by atoms with van der Waals surface area (Å²) in [5.74, 6) is 0.892. The zero-order chi connectivity index (χ0) is 15.2. The van der Waals surface area contributed by atoms with Crippen LogP contribution in [0.25, 0.3) is 0 Å². The Balaban J connectivity index is 2.01. The Hall–Kier alpha value is -2.20. The second-order valence-corrected chi connectivity index (χ2v) is 4.82. The van der Waals surface area contributed by atoms with E-state index < -0.39 is 6.10 Å². The number of carbonyl (C=O) groups excluding carboxylic acids is 1. The predicted molar refractivity (Wildman–Crippen MR) is 83.2 cm³/mol. The van der Waals surface area contributed by atoms with Crippen LogP contribution in [0.1, 0.15) is 6.92 Å². The highest BCUT2D eigenvalue weighted by Gasteiger charge is 2.16. The normalized spacial score (nSPS) is 11.6. The van der Waals surface area contributed by atoms with Gasteiger partial charge in [-0.2, -0.15) is 0 Å². The highest BCUT2D eigenvalue weighted by molar-refractivity contribution is 6.32. The van der Waals surface area contributed by atoms with Gasteiger partial charge in [-0.15, -0.1) is 0 Å². The van der Waals surface area contributed by atoms with Crippen LogP contribution in [0.15, 0.2) is 48.5 Å². The molecule has 0 aliphatic rings. The summed E-state index contributed by atoms with van der Waals surface area (Å²) in [6.07, 6.45) is -0.670. The van der Waals surface area contributed by atoms with Gasteiger partial charge in [0.05, 0.1) is 12.1 Å². The maximum Gasteiger partial charge on any atom is 0.265 e. The van der Waals surface area contributed by atoms with Crippen molar-refractivity contribution in [2.45, 2.75) is 13.0 Å². The molecule has 0 bridgehead atoms. The van der Waals surface area contributed by atoms with Crippen LogP contribution in [0.2, 0.25) is 5.02 Å². The lowest BCUT2D eigenvalue weighted by molar-refractivity contribution is -0.122. The first-order chi connectivity index (χ1) is 10.1. The van der Waals surface area contributed by atoms with Gasteiger partial charge in [-0.1, -0.05) is 29.8 Å². The first-order valence-corrected chi connectivity index (χ1v) is 6.84. The molecular formula is C16H16ClNO3. The molecule has 2 aromatic carbocycles. The number of carbonyl (C=O) groups is 1. The number of benzene rings is 2. The quantitative estimate of drug-likeness (QED) is 0.915. The molecule has 5 heteroatoms. The molecule has 2 rings (SSSR count). The molecule has 2 aromatic rings. The summed E-state index contributed by atoms with van der Waals surface area (Å²) in [7, 11) is 1.57. The zero-order valence-electron chi connectivity index (χ0n) is 11.8. The largest absolute Gasteiger partial charge is 0.497 e. The van der Waals surface area contributed by atoms with Gasteiger partial charge in [0, 0.05) is 11.8 Å². The summed E-state index contributed by atoms with van der Waals surface area (Å²) >= 11 is 6.00. The van der Waals surface area contributed by atoms with Crippen LogP contribution in [-0.2, 0) is 4.79 Å². The number of ether oxygens (including phenoxy) is 2. The van der Waals surface area contributed by atoms with Crippen LogP contribution < -0.4 is 14.8 Å². The van der Waals surface area contributed by atoms with Gasteiger partial charge in [0.15, 0.2) is 6.10 Å². The molecule has 1 amide bonds. The van der Waals surface area contributed by atoms with Crippen molar-refractivity contribution in [3.8, 4) is 11.5 Å². The number of anilines is 1. The molecule has 1 atom stereocenters. The van der Waals surface area contributed by atoms with Crippen LogP contribution >= 0.6 is 11.6 Å². The van der Waals surface area contributed by atoms with E-state index in [9.17, 15) is 4.79 Å². The summed E-state index contributed by atoms with van der Waals surface area (Å²) < 4.78 is 10.7. The van der Waals surface area contributed by atoms with Crippen molar-refractivity contribution in [2.24, 2.45) is 0 Å². The van der Waals surface area contributed by atoms with E-state index in [1.54, 1.807) is 62.6 Å². The van der Waals surface area contributed by atoms with Gasteiger partial charge >= 0.3 is 0 Å². The van der Waals surface area contributed by atoms with Crippen molar-refractivity contribution in [2.75, 3.05) is 12.4 Å². The van der Waals surface area contributed by atoms with Gasteiger partial charge in [0.2, 0.25) is 0 Å². The van der Waals surface area contributed by atoms with Crippen molar-refractivity contribution in [1.29, 1.82) is 0 Å². The molecule has 0 radical (unpaired) electrons. The van der Waals surface area contributed by atoms with Crippen molar-refractivity contribution >= 4 is 23.2 Å². The minimum Gasteiger partial charge on any atom is -0.497 e. The molecule has 1 unspecified atom stereocenters. The number of hydrogen-bond acceptors (Lipinski definition) is 3. The van der Waals surface area contributed by atoms with E-state index in [0.29, 0.717) is 22.2 Å². The average molecular weight is 306 g/mol. The Bertz CT molecular complexity index is 630. The molecule has 0 spiro atoms. The van der Waals surface area contributed by atoms with E-state index in [1.807, 2.05) is 0 Å². The van der Waals surface area contributed by atoms with Gasteiger partial charge in [-0.05, 0) is 31.2 Å². The second-order valence-electron chi connectivity index (χ2n) is 4.41. The molecule has 0 saturated heterocycles. The molecule has 0 fully saturated rings. The van der Waals surface area contributed by atoms with E-state index >= 15 is 0 Å². The van der Waals surface area contributed by atoms with Crippen molar-refractivity contribution < 1.29 is 14.3 Å². The molecule has 0 aliphatic heterocycles. The molecule has 0 aliphatic carbocycles. The third-order valence-corrected chi connectivity index (χ3v) is 3.16. The highest BCUT2D eigenvalue weighted by atomic mass is 35.5. The van der Waals surface area contributed by atoms with Crippen LogP contribution in [0, 0.1) is 0 Å². The minimum atomic E-state index is -0.670. The number of nitrogens with one attached hydrogen (secondary N) is 1. The van der Waals surface area contributed by atoms with E-state index in [0.717, 1.165) is 0 Å². The summed E-state index contributed by atoms with van der Waals surface area (Å²) in [5.41, 5.74) is 0.647. The summed E-state index contributed by atoms with van der Waals surface area (Å²) in [6, 6.07) is 14.2. The molecule has 0 aromatic heterocycles. The summed E-state index contributed by atoms with van der Waals surface area (Å²) in [5, 5.41) is 3.24. The fourth-order valence-corrected chi connectivity index (χ4v) is 1.91. The van der Waals surface area contributed by atoms with E-state index in [4.69, 9.17) is 21.1 Å². The average Bonchev–Trinajstić information content (AvgIpc) is 2.49. The number of methoxy groups -OCH3 is 1. The van der Waals surface area contributed by atoms with Crippen molar-refractivity contribution in [3.63, 3.8) is 0 Å². The molecule has 0 heterocycles. The van der Waals surface area contributed by atoms with E-state index in [1.165, 1.54) is 0 Å². The van der Waals surface area contributed by atoms with E-state index in [-0.39, 0.29) is 5.91 Å². The fraction of sp³-hybridized carbons (Fsp3) is 0.188. The summed E-state index contributed by atoms with van der Waals surface area (Å²) in [4.78, 5) is 12.1. The zero-order valence-corrected chi connectivity index (χ0v) is 12.6. The maximum absolute atomic E-state index is 12.1. The topological polar surface area (TPSA) is 47.6 Å². The third kappa shape index (κ3) is 4.13. The number of amides is 1.